The highest BCUT2D eigenvalue weighted by Crippen LogP contribution is 2.25. The SMILES string of the molecule is CC(C)(C(N)Cc1ccc(F)c(Cl)c1)N1CCCCCC1. The van der Waals surface area contributed by atoms with E-state index in [0.29, 0.717) is 6.42 Å². The van der Waals surface area contributed by atoms with Crippen LogP contribution in [-0.4, -0.2) is 29.6 Å². The van der Waals surface area contributed by atoms with Crippen molar-refractivity contribution in [1.82, 2.24) is 4.90 Å². The standard InChI is InChI=1S/C17H26ClFN2/c1-17(2,21-9-5-3-4-6-10-21)16(20)12-13-7-8-15(19)14(18)11-13/h7-8,11,16H,3-6,9-10,12,20H2,1-2H3. The van der Waals surface area contributed by atoms with Gasteiger partial charge in [-0.2, -0.15) is 0 Å². The van der Waals surface area contributed by atoms with Gasteiger partial charge >= 0.3 is 0 Å². The maximum atomic E-state index is 13.2. The molecule has 2 nitrogen and oxygen atoms in total. The number of rotatable bonds is 4. The van der Waals surface area contributed by atoms with Crippen LogP contribution in [0.1, 0.15) is 45.1 Å². The molecule has 0 saturated carbocycles. The van der Waals surface area contributed by atoms with Crippen LogP contribution >= 0.6 is 11.6 Å². The molecule has 0 amide bonds. The summed E-state index contributed by atoms with van der Waals surface area (Å²) < 4.78 is 13.2. The summed E-state index contributed by atoms with van der Waals surface area (Å²) in [4.78, 5) is 2.51. The molecule has 21 heavy (non-hydrogen) atoms. The van der Waals surface area contributed by atoms with Gasteiger partial charge in [0.05, 0.1) is 5.02 Å². The molecule has 2 N–H and O–H groups in total. The number of hydrogen-bond acceptors (Lipinski definition) is 2. The van der Waals surface area contributed by atoms with E-state index in [0.717, 1.165) is 18.7 Å². The fourth-order valence-corrected chi connectivity index (χ4v) is 3.25. The van der Waals surface area contributed by atoms with Crippen molar-refractivity contribution in [2.45, 2.75) is 57.5 Å². The minimum atomic E-state index is -0.374. The van der Waals surface area contributed by atoms with Crippen LogP contribution in [0.3, 0.4) is 0 Å². The highest BCUT2D eigenvalue weighted by atomic mass is 35.5. The van der Waals surface area contributed by atoms with Gasteiger partial charge in [0.25, 0.3) is 0 Å². The Hall–Kier alpha value is -0.640. The van der Waals surface area contributed by atoms with Gasteiger partial charge in [-0.3, -0.25) is 4.90 Å². The molecule has 0 aliphatic carbocycles. The summed E-state index contributed by atoms with van der Waals surface area (Å²) in [7, 11) is 0. The van der Waals surface area contributed by atoms with E-state index in [4.69, 9.17) is 17.3 Å². The molecular weight excluding hydrogens is 287 g/mol. The van der Waals surface area contributed by atoms with E-state index in [2.05, 4.69) is 18.7 Å². The first-order valence-electron chi connectivity index (χ1n) is 7.86. The largest absolute Gasteiger partial charge is 0.326 e. The summed E-state index contributed by atoms with van der Waals surface area (Å²) in [6.45, 7) is 6.66. The molecule has 0 spiro atoms. The predicted octanol–water partition coefficient (Wildman–Crippen LogP) is 4.00. The van der Waals surface area contributed by atoms with Gasteiger partial charge < -0.3 is 5.73 Å². The summed E-state index contributed by atoms with van der Waals surface area (Å²) in [5, 5.41) is 0.173. The molecule has 1 saturated heterocycles. The Morgan fingerprint density at radius 2 is 1.86 bits per heavy atom. The Labute approximate surface area is 132 Å². The Kier molecular flexibility index (Phi) is 5.64. The molecule has 0 radical (unpaired) electrons. The van der Waals surface area contributed by atoms with Crippen molar-refractivity contribution in [3.8, 4) is 0 Å². The zero-order valence-electron chi connectivity index (χ0n) is 13.0. The monoisotopic (exact) mass is 312 g/mol. The summed E-state index contributed by atoms with van der Waals surface area (Å²) in [6, 6.07) is 4.88. The second-order valence-electron chi connectivity index (χ2n) is 6.61. The summed E-state index contributed by atoms with van der Waals surface area (Å²) >= 11 is 5.86. The molecule has 118 valence electrons. The normalized spacial score (nSPS) is 19.3. The molecule has 0 bridgehead atoms. The van der Waals surface area contributed by atoms with Gasteiger partial charge in [0.2, 0.25) is 0 Å². The minimum absolute atomic E-state index is 0.00266. The van der Waals surface area contributed by atoms with Gasteiger partial charge in [0.1, 0.15) is 5.82 Å². The average Bonchev–Trinajstić information content (AvgIpc) is 2.72. The lowest BCUT2D eigenvalue weighted by Gasteiger charge is -2.42. The number of benzene rings is 1. The third kappa shape index (κ3) is 4.18. The highest BCUT2D eigenvalue weighted by Gasteiger charge is 2.33. The molecule has 0 aromatic heterocycles. The van der Waals surface area contributed by atoms with Crippen LogP contribution in [0.15, 0.2) is 18.2 Å². The van der Waals surface area contributed by atoms with Crippen LogP contribution in [0, 0.1) is 5.82 Å². The Morgan fingerprint density at radius 1 is 1.24 bits per heavy atom. The molecule has 4 heteroatoms. The number of nitrogens with zero attached hydrogens (tertiary/aromatic N) is 1. The quantitative estimate of drug-likeness (QED) is 0.910. The fourth-order valence-electron chi connectivity index (χ4n) is 3.05. The maximum absolute atomic E-state index is 13.2. The van der Waals surface area contributed by atoms with E-state index in [9.17, 15) is 4.39 Å². The van der Waals surface area contributed by atoms with Crippen LogP contribution in [0.25, 0.3) is 0 Å². The first kappa shape index (κ1) is 16.7. The van der Waals surface area contributed by atoms with Crippen molar-refractivity contribution in [3.63, 3.8) is 0 Å². The van der Waals surface area contributed by atoms with E-state index in [1.165, 1.54) is 31.7 Å². The molecule has 1 aliphatic heterocycles. The van der Waals surface area contributed by atoms with E-state index in [1.807, 2.05) is 0 Å². The lowest BCUT2D eigenvalue weighted by molar-refractivity contribution is 0.0979. The molecular formula is C17H26ClFN2. The van der Waals surface area contributed by atoms with E-state index in [-0.39, 0.29) is 22.4 Å². The van der Waals surface area contributed by atoms with Crippen molar-refractivity contribution >= 4 is 11.6 Å². The Balaban J connectivity index is 2.05. The molecule has 1 aromatic carbocycles. The maximum Gasteiger partial charge on any atom is 0.141 e. The van der Waals surface area contributed by atoms with Crippen LogP contribution in [0.5, 0.6) is 0 Å². The molecule has 1 heterocycles. The van der Waals surface area contributed by atoms with E-state index < -0.39 is 0 Å². The Morgan fingerprint density at radius 3 is 2.43 bits per heavy atom. The van der Waals surface area contributed by atoms with Crippen LogP contribution < -0.4 is 5.73 Å². The second-order valence-corrected chi connectivity index (χ2v) is 7.02. The number of halogens is 2. The molecule has 1 aliphatic rings. The van der Waals surface area contributed by atoms with Crippen molar-refractivity contribution in [1.29, 1.82) is 0 Å². The minimum Gasteiger partial charge on any atom is -0.326 e. The number of likely N-dealkylation sites (tertiary alicyclic amines) is 1. The third-order valence-corrected chi connectivity index (χ3v) is 5.06. The average molecular weight is 313 g/mol. The molecule has 1 fully saturated rings. The van der Waals surface area contributed by atoms with Crippen LogP contribution in [0.2, 0.25) is 5.02 Å². The zero-order chi connectivity index (χ0) is 15.5. The van der Waals surface area contributed by atoms with E-state index >= 15 is 0 Å². The zero-order valence-corrected chi connectivity index (χ0v) is 13.8. The first-order chi connectivity index (χ1) is 9.91. The first-order valence-corrected chi connectivity index (χ1v) is 8.23. The Bertz CT molecular complexity index is 468. The van der Waals surface area contributed by atoms with Gasteiger partial charge in [-0.25, -0.2) is 4.39 Å². The topological polar surface area (TPSA) is 29.3 Å². The van der Waals surface area contributed by atoms with Gasteiger partial charge in [0, 0.05) is 11.6 Å². The number of nitrogens with two attached hydrogens (primary N) is 1. The molecule has 2 rings (SSSR count). The van der Waals surface area contributed by atoms with Gasteiger partial charge in [-0.15, -0.1) is 0 Å². The lowest BCUT2D eigenvalue weighted by Crippen LogP contribution is -2.57. The predicted molar refractivity (Wildman–Crippen MR) is 87.2 cm³/mol. The summed E-state index contributed by atoms with van der Waals surface area (Å²) in [5.41, 5.74) is 7.41. The van der Waals surface area contributed by atoms with Crippen LogP contribution in [-0.2, 0) is 6.42 Å². The smallest absolute Gasteiger partial charge is 0.141 e. The van der Waals surface area contributed by atoms with Crippen molar-refractivity contribution < 1.29 is 4.39 Å². The van der Waals surface area contributed by atoms with Gasteiger partial charge in [-0.05, 0) is 63.9 Å². The summed E-state index contributed by atoms with van der Waals surface area (Å²) in [5.74, 6) is -0.374. The third-order valence-electron chi connectivity index (χ3n) is 4.77. The van der Waals surface area contributed by atoms with Gasteiger partial charge in [-0.1, -0.05) is 30.5 Å². The van der Waals surface area contributed by atoms with Crippen LogP contribution in [0.4, 0.5) is 4.39 Å². The fraction of sp³-hybridized carbons (Fsp3) is 0.647. The number of hydrogen-bond donors (Lipinski definition) is 1. The highest BCUT2D eigenvalue weighted by molar-refractivity contribution is 6.30. The molecule has 1 aromatic rings. The van der Waals surface area contributed by atoms with Gasteiger partial charge in [0.15, 0.2) is 0 Å². The van der Waals surface area contributed by atoms with Crippen molar-refractivity contribution in [3.05, 3.63) is 34.6 Å². The lowest BCUT2D eigenvalue weighted by atomic mass is 9.88. The molecule has 1 atom stereocenters. The van der Waals surface area contributed by atoms with E-state index in [1.54, 1.807) is 12.1 Å². The summed E-state index contributed by atoms with van der Waals surface area (Å²) in [6.07, 6.45) is 5.84. The van der Waals surface area contributed by atoms with Crippen molar-refractivity contribution in [2.75, 3.05) is 13.1 Å². The second kappa shape index (κ2) is 7.08. The van der Waals surface area contributed by atoms with Crippen molar-refractivity contribution in [2.24, 2.45) is 5.73 Å². The molecule has 1 unspecified atom stereocenters.